The van der Waals surface area contributed by atoms with Crippen LogP contribution in [0.2, 0.25) is 0 Å². The number of aromatic nitrogens is 1. The number of carbonyl (C=O) groups is 1. The first-order chi connectivity index (χ1) is 11.6. The summed E-state index contributed by atoms with van der Waals surface area (Å²) in [5.74, 6) is 1.99. The molecule has 0 N–H and O–H groups in total. The number of rotatable bonds is 8. The van der Waals surface area contributed by atoms with Crippen molar-refractivity contribution < 1.29 is 28.3 Å². The highest BCUT2D eigenvalue weighted by Crippen LogP contribution is 2.38. The van der Waals surface area contributed by atoms with E-state index in [0.29, 0.717) is 35.1 Å². The van der Waals surface area contributed by atoms with Gasteiger partial charge in [0, 0.05) is 12.5 Å². The van der Waals surface area contributed by atoms with E-state index in [1.807, 2.05) is 12.1 Å². The van der Waals surface area contributed by atoms with E-state index in [2.05, 4.69) is 5.16 Å². The fraction of sp³-hybridized carbons (Fsp3) is 0.412. The third kappa shape index (κ3) is 4.41. The van der Waals surface area contributed by atoms with Gasteiger partial charge in [0.15, 0.2) is 11.5 Å². The summed E-state index contributed by atoms with van der Waals surface area (Å²) in [5, 5.41) is 3.77. The number of ether oxygens (including phenoxy) is 4. The van der Waals surface area contributed by atoms with Gasteiger partial charge in [-0.05, 0) is 31.0 Å². The Hall–Kier alpha value is -2.70. The summed E-state index contributed by atoms with van der Waals surface area (Å²) in [5.41, 5.74) is 1.48. The maximum Gasteiger partial charge on any atom is 0.306 e. The maximum atomic E-state index is 11.9. The van der Waals surface area contributed by atoms with Crippen LogP contribution in [0.1, 0.15) is 23.4 Å². The number of methoxy groups -OCH3 is 3. The average Bonchev–Trinajstić information content (AvgIpc) is 3.02. The fourth-order valence-electron chi connectivity index (χ4n) is 2.24. The van der Waals surface area contributed by atoms with E-state index in [-0.39, 0.29) is 19.0 Å². The number of hydrogen-bond acceptors (Lipinski definition) is 7. The zero-order chi connectivity index (χ0) is 17.5. The average molecular weight is 335 g/mol. The van der Waals surface area contributed by atoms with Crippen molar-refractivity contribution in [2.24, 2.45) is 0 Å². The van der Waals surface area contributed by atoms with Gasteiger partial charge in [0.2, 0.25) is 5.75 Å². The van der Waals surface area contributed by atoms with Crippen molar-refractivity contribution in [3.05, 3.63) is 35.2 Å². The Morgan fingerprint density at radius 1 is 1.08 bits per heavy atom. The van der Waals surface area contributed by atoms with Crippen LogP contribution in [0, 0.1) is 6.92 Å². The number of benzene rings is 1. The SMILES string of the molecule is COc1cc(CCC(=O)OCc2cc(C)on2)cc(OC)c1OC. The Morgan fingerprint density at radius 3 is 2.25 bits per heavy atom. The normalized spacial score (nSPS) is 10.3. The van der Waals surface area contributed by atoms with Crippen LogP contribution in [0.4, 0.5) is 0 Å². The first kappa shape index (κ1) is 17.7. The Kier molecular flexibility index (Phi) is 6.06. The minimum atomic E-state index is -0.315. The van der Waals surface area contributed by atoms with Crippen molar-refractivity contribution in [3.63, 3.8) is 0 Å². The Balaban J connectivity index is 1.94. The summed E-state index contributed by atoms with van der Waals surface area (Å²) in [6.07, 6.45) is 0.725. The first-order valence-electron chi connectivity index (χ1n) is 7.44. The molecular formula is C17H21NO6. The summed E-state index contributed by atoms with van der Waals surface area (Å²) in [6, 6.07) is 5.36. The van der Waals surface area contributed by atoms with E-state index in [1.165, 1.54) is 0 Å². The van der Waals surface area contributed by atoms with Gasteiger partial charge in [0.05, 0.1) is 21.3 Å². The predicted molar refractivity (Wildman–Crippen MR) is 85.5 cm³/mol. The maximum absolute atomic E-state index is 11.9. The molecule has 1 aromatic carbocycles. The molecule has 0 fully saturated rings. The van der Waals surface area contributed by atoms with E-state index in [4.69, 9.17) is 23.5 Å². The van der Waals surface area contributed by atoms with Crippen molar-refractivity contribution in [1.82, 2.24) is 5.16 Å². The van der Waals surface area contributed by atoms with E-state index in [1.54, 1.807) is 34.3 Å². The molecule has 0 aliphatic rings. The molecule has 0 radical (unpaired) electrons. The van der Waals surface area contributed by atoms with Crippen molar-refractivity contribution in [1.29, 1.82) is 0 Å². The van der Waals surface area contributed by atoms with Gasteiger partial charge in [-0.2, -0.15) is 0 Å². The second-order valence-corrected chi connectivity index (χ2v) is 5.12. The molecule has 1 heterocycles. The lowest BCUT2D eigenvalue weighted by Gasteiger charge is -2.14. The summed E-state index contributed by atoms with van der Waals surface area (Å²) in [7, 11) is 4.65. The van der Waals surface area contributed by atoms with E-state index in [9.17, 15) is 4.79 Å². The standard InChI is InChI=1S/C17H21NO6/c1-11-7-13(18-24-11)10-23-16(19)6-5-12-8-14(20-2)17(22-4)15(9-12)21-3/h7-9H,5-6,10H2,1-4H3. The van der Waals surface area contributed by atoms with Gasteiger partial charge in [0.25, 0.3) is 0 Å². The second kappa shape index (κ2) is 8.24. The van der Waals surface area contributed by atoms with Gasteiger partial charge in [-0.15, -0.1) is 0 Å². The number of aryl methyl sites for hydroxylation is 2. The van der Waals surface area contributed by atoms with E-state index in [0.717, 1.165) is 5.56 Å². The Labute approximate surface area is 140 Å². The van der Waals surface area contributed by atoms with Crippen LogP contribution in [-0.2, 0) is 22.6 Å². The van der Waals surface area contributed by atoms with Gasteiger partial charge < -0.3 is 23.5 Å². The van der Waals surface area contributed by atoms with Crippen LogP contribution in [0.25, 0.3) is 0 Å². The van der Waals surface area contributed by atoms with Crippen LogP contribution in [0.3, 0.4) is 0 Å². The van der Waals surface area contributed by atoms with Crippen molar-refractivity contribution in [3.8, 4) is 17.2 Å². The molecule has 130 valence electrons. The van der Waals surface area contributed by atoms with Gasteiger partial charge >= 0.3 is 5.97 Å². The lowest BCUT2D eigenvalue weighted by molar-refractivity contribution is -0.145. The molecule has 0 unspecified atom stereocenters. The molecule has 0 saturated heterocycles. The third-order valence-electron chi connectivity index (χ3n) is 3.40. The number of esters is 1. The molecule has 7 heteroatoms. The molecule has 0 saturated carbocycles. The van der Waals surface area contributed by atoms with Crippen LogP contribution in [-0.4, -0.2) is 32.5 Å². The highest BCUT2D eigenvalue weighted by atomic mass is 16.5. The van der Waals surface area contributed by atoms with Gasteiger partial charge in [-0.3, -0.25) is 4.79 Å². The number of nitrogens with zero attached hydrogens (tertiary/aromatic N) is 1. The molecule has 7 nitrogen and oxygen atoms in total. The smallest absolute Gasteiger partial charge is 0.306 e. The lowest BCUT2D eigenvalue weighted by atomic mass is 10.1. The second-order valence-electron chi connectivity index (χ2n) is 5.12. The van der Waals surface area contributed by atoms with Crippen LogP contribution >= 0.6 is 0 Å². The highest BCUT2D eigenvalue weighted by Gasteiger charge is 2.14. The van der Waals surface area contributed by atoms with Crippen LogP contribution in [0.15, 0.2) is 22.7 Å². The Bertz CT molecular complexity index is 669. The van der Waals surface area contributed by atoms with Gasteiger partial charge in [-0.1, -0.05) is 5.16 Å². The number of carbonyl (C=O) groups excluding carboxylic acids is 1. The highest BCUT2D eigenvalue weighted by molar-refractivity contribution is 5.70. The monoisotopic (exact) mass is 335 g/mol. The minimum Gasteiger partial charge on any atom is -0.493 e. The summed E-state index contributed by atoms with van der Waals surface area (Å²) >= 11 is 0. The summed E-state index contributed by atoms with van der Waals surface area (Å²) < 4.78 is 25.9. The molecule has 1 aromatic heterocycles. The largest absolute Gasteiger partial charge is 0.493 e. The molecule has 0 aliphatic carbocycles. The van der Waals surface area contributed by atoms with Crippen LogP contribution < -0.4 is 14.2 Å². The fourth-order valence-corrected chi connectivity index (χ4v) is 2.24. The molecule has 0 bridgehead atoms. The predicted octanol–water partition coefficient (Wildman–Crippen LogP) is 2.68. The van der Waals surface area contributed by atoms with Crippen molar-refractivity contribution in [2.75, 3.05) is 21.3 Å². The van der Waals surface area contributed by atoms with Crippen LogP contribution in [0.5, 0.6) is 17.2 Å². The molecule has 24 heavy (non-hydrogen) atoms. The third-order valence-corrected chi connectivity index (χ3v) is 3.40. The van der Waals surface area contributed by atoms with Gasteiger partial charge in [0.1, 0.15) is 18.1 Å². The molecule has 0 aliphatic heterocycles. The minimum absolute atomic E-state index is 0.103. The Morgan fingerprint density at radius 2 is 1.75 bits per heavy atom. The zero-order valence-corrected chi connectivity index (χ0v) is 14.3. The molecule has 0 spiro atoms. The molecule has 2 rings (SSSR count). The van der Waals surface area contributed by atoms with E-state index < -0.39 is 0 Å². The quantitative estimate of drug-likeness (QED) is 0.686. The zero-order valence-electron chi connectivity index (χ0n) is 14.3. The van der Waals surface area contributed by atoms with Crippen molar-refractivity contribution >= 4 is 5.97 Å². The lowest BCUT2D eigenvalue weighted by Crippen LogP contribution is -2.06. The topological polar surface area (TPSA) is 80.0 Å². The molecular weight excluding hydrogens is 314 g/mol. The molecule has 0 atom stereocenters. The molecule has 2 aromatic rings. The van der Waals surface area contributed by atoms with E-state index >= 15 is 0 Å². The summed E-state index contributed by atoms with van der Waals surface area (Å²) in [4.78, 5) is 11.9. The van der Waals surface area contributed by atoms with Crippen molar-refractivity contribution in [2.45, 2.75) is 26.4 Å². The molecule has 0 amide bonds. The first-order valence-corrected chi connectivity index (χ1v) is 7.44. The van der Waals surface area contributed by atoms with Gasteiger partial charge in [-0.25, -0.2) is 0 Å². The number of hydrogen-bond donors (Lipinski definition) is 0. The summed E-state index contributed by atoms with van der Waals surface area (Å²) in [6.45, 7) is 1.88.